The zero-order chi connectivity index (χ0) is 17.2. The summed E-state index contributed by atoms with van der Waals surface area (Å²) in [6, 6.07) is 5.28. The molecule has 0 heterocycles. The predicted molar refractivity (Wildman–Crippen MR) is 87.1 cm³/mol. The van der Waals surface area contributed by atoms with Gasteiger partial charge in [-0.15, -0.1) is 0 Å². The van der Waals surface area contributed by atoms with Crippen molar-refractivity contribution in [1.82, 2.24) is 10.2 Å². The van der Waals surface area contributed by atoms with Crippen molar-refractivity contribution >= 4 is 23.2 Å². The second-order valence-electron chi connectivity index (χ2n) is 4.89. The summed E-state index contributed by atoms with van der Waals surface area (Å²) in [7, 11) is 0. The quantitative estimate of drug-likeness (QED) is 0.326. The molecular weight excluding hydrogens is 300 g/mol. The Morgan fingerprint density at radius 2 is 1.74 bits per heavy atom. The van der Waals surface area contributed by atoms with Gasteiger partial charge in [-0.25, -0.2) is 0 Å². The standard InChI is InChI=1S/C15H22N4O4/c1-3-18(4-2)11-5-10-16-14(20)15(21)17-12-6-8-13(9-7-12)19(22)23/h6-9H,3-5,10-11H2,1-2H3,(H,16,20)(H,17,21). The van der Waals surface area contributed by atoms with Crippen LogP contribution in [0.15, 0.2) is 24.3 Å². The molecule has 0 aliphatic rings. The van der Waals surface area contributed by atoms with E-state index in [-0.39, 0.29) is 5.69 Å². The molecule has 1 aromatic rings. The fourth-order valence-electron chi connectivity index (χ4n) is 1.98. The fourth-order valence-corrected chi connectivity index (χ4v) is 1.98. The number of amides is 2. The molecule has 2 amide bonds. The molecule has 0 atom stereocenters. The number of anilines is 1. The maximum Gasteiger partial charge on any atom is 0.313 e. The monoisotopic (exact) mass is 322 g/mol. The van der Waals surface area contributed by atoms with Crippen LogP contribution in [0.25, 0.3) is 0 Å². The molecule has 0 unspecified atom stereocenters. The van der Waals surface area contributed by atoms with Crippen LogP contribution in [0.4, 0.5) is 11.4 Å². The smallest absolute Gasteiger partial charge is 0.313 e. The van der Waals surface area contributed by atoms with Crippen molar-refractivity contribution in [3.05, 3.63) is 34.4 Å². The van der Waals surface area contributed by atoms with E-state index in [9.17, 15) is 19.7 Å². The number of hydrogen-bond acceptors (Lipinski definition) is 5. The van der Waals surface area contributed by atoms with E-state index in [1.165, 1.54) is 24.3 Å². The molecule has 1 aromatic carbocycles. The van der Waals surface area contributed by atoms with Crippen LogP contribution >= 0.6 is 0 Å². The summed E-state index contributed by atoms with van der Waals surface area (Å²) in [6.45, 7) is 7.32. The van der Waals surface area contributed by atoms with Crippen molar-refractivity contribution in [3.8, 4) is 0 Å². The second kappa shape index (κ2) is 9.52. The maximum atomic E-state index is 11.7. The van der Waals surface area contributed by atoms with E-state index in [0.29, 0.717) is 12.2 Å². The van der Waals surface area contributed by atoms with Gasteiger partial charge in [-0.2, -0.15) is 0 Å². The van der Waals surface area contributed by atoms with E-state index in [2.05, 4.69) is 29.4 Å². The SMILES string of the molecule is CCN(CC)CCCNC(=O)C(=O)Nc1ccc([N+](=O)[O-])cc1. The summed E-state index contributed by atoms with van der Waals surface area (Å²) in [5, 5.41) is 15.5. The minimum atomic E-state index is -0.790. The van der Waals surface area contributed by atoms with E-state index in [4.69, 9.17) is 0 Å². The topological polar surface area (TPSA) is 105 Å². The Morgan fingerprint density at radius 3 is 2.26 bits per heavy atom. The predicted octanol–water partition coefficient (Wildman–Crippen LogP) is 1.38. The molecule has 126 valence electrons. The first-order valence-electron chi connectivity index (χ1n) is 7.53. The molecule has 0 saturated carbocycles. The lowest BCUT2D eigenvalue weighted by Gasteiger charge is -2.17. The van der Waals surface area contributed by atoms with E-state index in [1.54, 1.807) is 0 Å². The zero-order valence-corrected chi connectivity index (χ0v) is 13.4. The van der Waals surface area contributed by atoms with Gasteiger partial charge in [-0.05, 0) is 38.2 Å². The molecule has 8 nitrogen and oxygen atoms in total. The van der Waals surface area contributed by atoms with Gasteiger partial charge < -0.3 is 15.5 Å². The molecule has 0 aliphatic heterocycles. The Labute approximate surface area is 135 Å². The van der Waals surface area contributed by atoms with Crippen LogP contribution in [0.1, 0.15) is 20.3 Å². The van der Waals surface area contributed by atoms with Gasteiger partial charge in [0.2, 0.25) is 0 Å². The van der Waals surface area contributed by atoms with Crippen molar-refractivity contribution in [3.63, 3.8) is 0 Å². The Kier molecular flexibility index (Phi) is 7.69. The number of nitro groups is 1. The minimum absolute atomic E-state index is 0.0798. The summed E-state index contributed by atoms with van der Waals surface area (Å²) in [5.41, 5.74) is 0.253. The average Bonchev–Trinajstić information content (AvgIpc) is 2.55. The van der Waals surface area contributed by atoms with Crippen molar-refractivity contribution in [1.29, 1.82) is 0 Å². The summed E-state index contributed by atoms with van der Waals surface area (Å²) >= 11 is 0. The number of nitro benzene ring substituents is 1. The van der Waals surface area contributed by atoms with Crippen LogP contribution < -0.4 is 10.6 Å². The van der Waals surface area contributed by atoms with Gasteiger partial charge in [0.25, 0.3) is 5.69 Å². The maximum absolute atomic E-state index is 11.7. The molecule has 0 spiro atoms. The first-order chi connectivity index (χ1) is 11.0. The number of rotatable bonds is 8. The molecule has 8 heteroatoms. The Hall–Kier alpha value is -2.48. The fraction of sp³-hybridized carbons (Fsp3) is 0.467. The Balaban J connectivity index is 2.36. The van der Waals surface area contributed by atoms with Crippen molar-refractivity contribution < 1.29 is 14.5 Å². The van der Waals surface area contributed by atoms with Crippen LogP contribution in [0.2, 0.25) is 0 Å². The van der Waals surface area contributed by atoms with E-state index < -0.39 is 16.7 Å². The van der Waals surface area contributed by atoms with Crippen LogP contribution in [0, 0.1) is 10.1 Å². The van der Waals surface area contributed by atoms with Crippen molar-refractivity contribution in [2.24, 2.45) is 0 Å². The number of carbonyl (C=O) groups is 2. The molecule has 0 saturated heterocycles. The van der Waals surface area contributed by atoms with E-state index >= 15 is 0 Å². The molecule has 1 rings (SSSR count). The highest BCUT2D eigenvalue weighted by atomic mass is 16.6. The highest BCUT2D eigenvalue weighted by molar-refractivity contribution is 6.39. The van der Waals surface area contributed by atoms with Gasteiger partial charge in [0.1, 0.15) is 0 Å². The molecule has 0 radical (unpaired) electrons. The van der Waals surface area contributed by atoms with Crippen LogP contribution in [-0.4, -0.2) is 47.8 Å². The van der Waals surface area contributed by atoms with Gasteiger partial charge >= 0.3 is 11.8 Å². The summed E-state index contributed by atoms with van der Waals surface area (Å²) in [4.78, 5) is 35.6. The highest BCUT2D eigenvalue weighted by Gasteiger charge is 2.14. The number of hydrogen-bond donors (Lipinski definition) is 2. The molecule has 23 heavy (non-hydrogen) atoms. The number of carbonyl (C=O) groups excluding carboxylic acids is 2. The first-order valence-corrected chi connectivity index (χ1v) is 7.53. The summed E-state index contributed by atoms with van der Waals surface area (Å²) < 4.78 is 0. The Bertz CT molecular complexity index is 541. The zero-order valence-electron chi connectivity index (χ0n) is 13.4. The second-order valence-corrected chi connectivity index (χ2v) is 4.89. The lowest BCUT2D eigenvalue weighted by molar-refractivity contribution is -0.384. The largest absolute Gasteiger partial charge is 0.348 e. The van der Waals surface area contributed by atoms with Crippen LogP contribution in [-0.2, 0) is 9.59 Å². The molecule has 0 aliphatic carbocycles. The summed E-state index contributed by atoms with van der Waals surface area (Å²) in [6.07, 6.45) is 0.762. The molecule has 0 fully saturated rings. The van der Waals surface area contributed by atoms with Crippen LogP contribution in [0.5, 0.6) is 0 Å². The van der Waals surface area contributed by atoms with Gasteiger partial charge in [0.05, 0.1) is 4.92 Å². The van der Waals surface area contributed by atoms with Gasteiger partial charge in [-0.3, -0.25) is 19.7 Å². The number of nitrogens with zero attached hydrogens (tertiary/aromatic N) is 2. The number of non-ortho nitro benzene ring substituents is 1. The van der Waals surface area contributed by atoms with Gasteiger partial charge in [0, 0.05) is 24.4 Å². The third-order valence-electron chi connectivity index (χ3n) is 3.37. The number of benzene rings is 1. The van der Waals surface area contributed by atoms with E-state index in [0.717, 1.165) is 26.1 Å². The first kappa shape index (κ1) is 18.6. The Morgan fingerprint density at radius 1 is 1.13 bits per heavy atom. The van der Waals surface area contributed by atoms with Crippen molar-refractivity contribution in [2.45, 2.75) is 20.3 Å². The van der Waals surface area contributed by atoms with E-state index in [1.807, 2.05) is 0 Å². The van der Waals surface area contributed by atoms with Gasteiger partial charge in [-0.1, -0.05) is 13.8 Å². The van der Waals surface area contributed by atoms with Gasteiger partial charge in [0.15, 0.2) is 0 Å². The minimum Gasteiger partial charge on any atom is -0.348 e. The summed E-state index contributed by atoms with van der Waals surface area (Å²) in [5.74, 6) is -1.51. The number of nitrogens with one attached hydrogen (secondary N) is 2. The molecule has 2 N–H and O–H groups in total. The highest BCUT2D eigenvalue weighted by Crippen LogP contribution is 2.15. The molecular formula is C15H22N4O4. The average molecular weight is 322 g/mol. The lowest BCUT2D eigenvalue weighted by Crippen LogP contribution is -2.37. The van der Waals surface area contributed by atoms with Crippen LogP contribution in [0.3, 0.4) is 0 Å². The van der Waals surface area contributed by atoms with Crippen molar-refractivity contribution in [2.75, 3.05) is 31.5 Å². The molecule has 0 aromatic heterocycles. The lowest BCUT2D eigenvalue weighted by atomic mass is 10.3. The third kappa shape index (κ3) is 6.43. The molecule has 0 bridgehead atoms. The normalized spacial score (nSPS) is 10.4. The third-order valence-corrected chi connectivity index (χ3v) is 3.37.